The van der Waals surface area contributed by atoms with Crippen LogP contribution in [0.3, 0.4) is 0 Å². The number of carbonyl (C=O) groups excluding carboxylic acids is 1. The second kappa shape index (κ2) is 6.60. The summed E-state index contributed by atoms with van der Waals surface area (Å²) in [6, 6.07) is 0.344. The number of rotatable bonds is 3. The molecule has 0 radical (unpaired) electrons. The van der Waals surface area contributed by atoms with Gasteiger partial charge in [0, 0.05) is 45.3 Å². The summed E-state index contributed by atoms with van der Waals surface area (Å²) >= 11 is 0. The van der Waals surface area contributed by atoms with Gasteiger partial charge in [-0.15, -0.1) is 0 Å². The third-order valence-electron chi connectivity index (χ3n) is 4.57. The van der Waals surface area contributed by atoms with Crippen LogP contribution in [0.5, 0.6) is 0 Å². The molecule has 1 amide bonds. The molecule has 0 bridgehead atoms. The zero-order chi connectivity index (χ0) is 15.6. The Morgan fingerprint density at radius 3 is 2.24 bits per heavy atom. The second-order valence-corrected chi connectivity index (χ2v) is 8.23. The maximum absolute atomic E-state index is 11.6. The van der Waals surface area contributed by atoms with E-state index in [1.54, 1.807) is 4.31 Å². The van der Waals surface area contributed by atoms with Gasteiger partial charge in [0.15, 0.2) is 0 Å². The zero-order valence-corrected chi connectivity index (χ0v) is 13.7. The zero-order valence-electron chi connectivity index (χ0n) is 12.9. The van der Waals surface area contributed by atoms with Crippen LogP contribution in [-0.2, 0) is 14.8 Å². The molecule has 1 unspecified atom stereocenters. The van der Waals surface area contributed by atoms with Gasteiger partial charge >= 0.3 is 0 Å². The number of piperidine rings is 1. The lowest BCUT2D eigenvalue weighted by molar-refractivity contribution is -0.122. The van der Waals surface area contributed by atoms with Gasteiger partial charge in [0.05, 0.1) is 12.2 Å². The third-order valence-corrected chi connectivity index (χ3v) is 5.87. The monoisotopic (exact) mass is 318 g/mol. The fourth-order valence-corrected chi connectivity index (χ4v) is 4.12. The number of hydrogen-bond acceptors (Lipinski definition) is 5. The fourth-order valence-electron chi connectivity index (χ4n) is 3.25. The highest BCUT2D eigenvalue weighted by Gasteiger charge is 2.32. The first kappa shape index (κ1) is 16.7. The van der Waals surface area contributed by atoms with Crippen molar-refractivity contribution in [2.24, 2.45) is 11.7 Å². The molecule has 2 fully saturated rings. The molecule has 122 valence electrons. The molecule has 0 aromatic heterocycles. The molecule has 0 spiro atoms. The first-order chi connectivity index (χ1) is 9.77. The van der Waals surface area contributed by atoms with E-state index in [1.165, 1.54) is 6.26 Å². The molecule has 2 rings (SSSR count). The number of nitrogens with two attached hydrogens (primary N) is 1. The quantitative estimate of drug-likeness (QED) is 0.703. The Morgan fingerprint density at radius 1 is 1.10 bits per heavy atom. The van der Waals surface area contributed by atoms with Gasteiger partial charge in [-0.2, -0.15) is 0 Å². The Kier molecular flexibility index (Phi) is 5.24. The van der Waals surface area contributed by atoms with E-state index in [4.69, 9.17) is 5.73 Å². The van der Waals surface area contributed by atoms with Crippen molar-refractivity contribution in [1.82, 2.24) is 14.1 Å². The van der Waals surface area contributed by atoms with Crippen LogP contribution < -0.4 is 5.73 Å². The Morgan fingerprint density at radius 2 is 1.71 bits per heavy atom. The van der Waals surface area contributed by atoms with E-state index < -0.39 is 10.0 Å². The van der Waals surface area contributed by atoms with Crippen LogP contribution in [0.2, 0.25) is 0 Å². The Labute approximate surface area is 127 Å². The first-order valence-electron chi connectivity index (χ1n) is 7.44. The molecule has 0 saturated carbocycles. The van der Waals surface area contributed by atoms with Crippen LogP contribution in [0, 0.1) is 5.92 Å². The van der Waals surface area contributed by atoms with E-state index >= 15 is 0 Å². The van der Waals surface area contributed by atoms with Gasteiger partial charge in [-0.25, -0.2) is 12.7 Å². The number of amides is 1. The summed E-state index contributed by atoms with van der Waals surface area (Å²) in [5, 5.41) is 0. The summed E-state index contributed by atoms with van der Waals surface area (Å²) in [5.41, 5.74) is 5.49. The number of likely N-dealkylation sites (N-methyl/N-ethyl adjacent to an activating group) is 1. The number of primary amides is 1. The normalized spacial score (nSPS) is 28.4. The van der Waals surface area contributed by atoms with Crippen LogP contribution in [-0.4, -0.2) is 87.0 Å². The minimum atomic E-state index is -3.09. The molecule has 2 saturated heterocycles. The summed E-state index contributed by atoms with van der Waals surface area (Å²) in [4.78, 5) is 16.0. The molecule has 1 atom stereocenters. The van der Waals surface area contributed by atoms with E-state index in [9.17, 15) is 13.2 Å². The molecular weight excluding hydrogens is 292 g/mol. The molecule has 8 heteroatoms. The average molecular weight is 318 g/mol. The predicted octanol–water partition coefficient (Wildman–Crippen LogP) is -1.24. The molecule has 7 nitrogen and oxygen atoms in total. The smallest absolute Gasteiger partial charge is 0.223 e. The highest BCUT2D eigenvalue weighted by Crippen LogP contribution is 2.21. The van der Waals surface area contributed by atoms with E-state index in [0.29, 0.717) is 32.2 Å². The first-order valence-corrected chi connectivity index (χ1v) is 9.29. The topological polar surface area (TPSA) is 86.9 Å². The SMILES string of the molecule is CN1CCN(C2CCN(S(C)(=O)=O)CC2)CC(C(N)=O)C1. The molecular formula is C13H26N4O3S. The maximum Gasteiger partial charge on any atom is 0.223 e. The van der Waals surface area contributed by atoms with Gasteiger partial charge in [0.2, 0.25) is 15.9 Å². The lowest BCUT2D eigenvalue weighted by Crippen LogP contribution is -2.49. The minimum Gasteiger partial charge on any atom is -0.369 e. The molecule has 2 aliphatic rings. The lowest BCUT2D eigenvalue weighted by atomic mass is 10.0. The molecule has 21 heavy (non-hydrogen) atoms. The van der Waals surface area contributed by atoms with Crippen molar-refractivity contribution in [3.8, 4) is 0 Å². The predicted molar refractivity (Wildman–Crippen MR) is 81.2 cm³/mol. The molecule has 0 aromatic carbocycles. The standard InChI is InChI=1S/C13H26N4O3S/c1-15-7-8-16(10-11(9-15)13(14)18)12-3-5-17(6-4-12)21(2,19)20/h11-12H,3-10H2,1-2H3,(H2,14,18). The van der Waals surface area contributed by atoms with Crippen LogP contribution in [0.25, 0.3) is 0 Å². The largest absolute Gasteiger partial charge is 0.369 e. The highest BCUT2D eigenvalue weighted by molar-refractivity contribution is 7.88. The Hall–Kier alpha value is -0.700. The van der Waals surface area contributed by atoms with E-state index in [0.717, 1.165) is 25.9 Å². The van der Waals surface area contributed by atoms with Crippen molar-refractivity contribution in [2.75, 3.05) is 52.6 Å². The number of sulfonamides is 1. The summed E-state index contributed by atoms with van der Waals surface area (Å²) in [6.07, 6.45) is 2.90. The second-order valence-electron chi connectivity index (χ2n) is 6.25. The van der Waals surface area contributed by atoms with E-state index in [1.807, 2.05) is 7.05 Å². The summed E-state index contributed by atoms with van der Waals surface area (Å²) in [7, 11) is -1.08. The molecule has 2 N–H and O–H groups in total. The molecule has 2 heterocycles. The molecule has 2 aliphatic heterocycles. The summed E-state index contributed by atoms with van der Waals surface area (Å²) < 4.78 is 24.6. The van der Waals surface area contributed by atoms with Crippen LogP contribution >= 0.6 is 0 Å². The molecule has 0 aromatic rings. The minimum absolute atomic E-state index is 0.148. The van der Waals surface area contributed by atoms with Crippen LogP contribution in [0.4, 0.5) is 0 Å². The van der Waals surface area contributed by atoms with Gasteiger partial charge in [-0.05, 0) is 19.9 Å². The van der Waals surface area contributed by atoms with Gasteiger partial charge in [-0.1, -0.05) is 0 Å². The summed E-state index contributed by atoms with van der Waals surface area (Å²) in [6.45, 7) is 4.34. The van der Waals surface area contributed by atoms with Gasteiger partial charge < -0.3 is 10.6 Å². The number of hydrogen-bond donors (Lipinski definition) is 1. The Bertz CT molecular complexity index is 474. The summed E-state index contributed by atoms with van der Waals surface area (Å²) in [5.74, 6) is -0.396. The van der Waals surface area contributed by atoms with Crippen molar-refractivity contribution < 1.29 is 13.2 Å². The van der Waals surface area contributed by atoms with Crippen LogP contribution in [0.1, 0.15) is 12.8 Å². The van der Waals surface area contributed by atoms with Gasteiger partial charge in [0.25, 0.3) is 0 Å². The third kappa shape index (κ3) is 4.38. The average Bonchev–Trinajstić information content (AvgIpc) is 2.60. The van der Waals surface area contributed by atoms with Crippen molar-refractivity contribution >= 4 is 15.9 Å². The number of nitrogens with zero attached hydrogens (tertiary/aromatic N) is 3. The molecule has 0 aliphatic carbocycles. The van der Waals surface area contributed by atoms with E-state index in [2.05, 4.69) is 9.80 Å². The van der Waals surface area contributed by atoms with Crippen molar-refractivity contribution in [3.05, 3.63) is 0 Å². The van der Waals surface area contributed by atoms with Gasteiger partial charge in [-0.3, -0.25) is 9.69 Å². The maximum atomic E-state index is 11.6. The van der Waals surface area contributed by atoms with Crippen LogP contribution in [0.15, 0.2) is 0 Å². The lowest BCUT2D eigenvalue weighted by Gasteiger charge is -2.37. The van der Waals surface area contributed by atoms with Crippen molar-refractivity contribution in [2.45, 2.75) is 18.9 Å². The number of carbonyl (C=O) groups is 1. The Balaban J connectivity index is 1.97. The van der Waals surface area contributed by atoms with Crippen molar-refractivity contribution in [3.63, 3.8) is 0 Å². The highest BCUT2D eigenvalue weighted by atomic mass is 32.2. The van der Waals surface area contributed by atoms with Gasteiger partial charge in [0.1, 0.15) is 0 Å². The van der Waals surface area contributed by atoms with Crippen molar-refractivity contribution in [1.29, 1.82) is 0 Å². The van der Waals surface area contributed by atoms with E-state index in [-0.39, 0.29) is 11.8 Å². The fraction of sp³-hybridized carbons (Fsp3) is 0.923.